The topological polar surface area (TPSA) is 116 Å². The van der Waals surface area contributed by atoms with Gasteiger partial charge in [0.05, 0.1) is 18.8 Å². The summed E-state index contributed by atoms with van der Waals surface area (Å²) in [4.78, 5) is 10.6. The van der Waals surface area contributed by atoms with Crippen LogP contribution in [0.1, 0.15) is 0 Å². The van der Waals surface area contributed by atoms with Crippen molar-refractivity contribution in [1.82, 2.24) is 5.32 Å². The number of aliphatic hydroxyl groups excluding tert-OH is 3. The van der Waals surface area contributed by atoms with Gasteiger partial charge in [-0.15, -0.1) is 0 Å². The number of carbonyl (C=O) groups excluding carboxylic acids is 1. The fraction of sp³-hybridized carbons (Fsp3) is 0.833. The van der Waals surface area contributed by atoms with Gasteiger partial charge >= 0.3 is 0 Å². The first-order chi connectivity index (χ1) is 5.57. The number of amides is 1. The molecule has 1 heterocycles. The summed E-state index contributed by atoms with van der Waals surface area (Å²) < 4.78 is 0. The normalized spacial score (nSPS) is 41.6. The average molecular weight is 176 g/mol. The van der Waals surface area contributed by atoms with Crippen LogP contribution in [-0.4, -0.2) is 52.1 Å². The maximum Gasteiger partial charge on any atom is 0.237 e. The fourth-order valence-electron chi connectivity index (χ4n) is 1.27. The van der Waals surface area contributed by atoms with Crippen LogP contribution in [0, 0.1) is 0 Å². The summed E-state index contributed by atoms with van der Waals surface area (Å²) in [7, 11) is 0. The smallest absolute Gasteiger partial charge is 0.237 e. The van der Waals surface area contributed by atoms with Crippen molar-refractivity contribution >= 4 is 5.91 Å². The van der Waals surface area contributed by atoms with E-state index in [9.17, 15) is 15.0 Å². The fourth-order valence-corrected chi connectivity index (χ4v) is 1.27. The van der Waals surface area contributed by atoms with Crippen molar-refractivity contribution in [2.45, 2.75) is 24.3 Å². The third-order valence-corrected chi connectivity index (χ3v) is 2.00. The van der Waals surface area contributed by atoms with Crippen LogP contribution in [0.2, 0.25) is 0 Å². The molecule has 0 aromatic rings. The predicted octanol–water partition coefficient (Wildman–Crippen LogP) is -3.47. The summed E-state index contributed by atoms with van der Waals surface area (Å²) in [6.45, 7) is -0.345. The van der Waals surface area contributed by atoms with Gasteiger partial charge in [0, 0.05) is 0 Å². The largest absolute Gasteiger partial charge is 0.395 e. The Morgan fingerprint density at radius 1 is 1.42 bits per heavy atom. The predicted molar refractivity (Wildman–Crippen MR) is 39.0 cm³/mol. The molecule has 0 radical (unpaired) electrons. The first-order valence-corrected chi connectivity index (χ1v) is 3.60. The number of carbonyl (C=O) groups is 1. The molecule has 1 rings (SSSR count). The highest BCUT2D eigenvalue weighted by molar-refractivity contribution is 5.81. The van der Waals surface area contributed by atoms with Crippen LogP contribution in [0.15, 0.2) is 0 Å². The third-order valence-electron chi connectivity index (χ3n) is 2.00. The Morgan fingerprint density at radius 2 is 2.00 bits per heavy atom. The second-order valence-electron chi connectivity index (χ2n) is 2.82. The number of aliphatic hydroxyl groups is 3. The Hall–Kier alpha value is -0.690. The van der Waals surface area contributed by atoms with Crippen molar-refractivity contribution in [1.29, 1.82) is 0 Å². The van der Waals surface area contributed by atoms with E-state index in [2.05, 4.69) is 5.32 Å². The van der Waals surface area contributed by atoms with E-state index in [0.717, 1.165) is 0 Å². The number of primary amides is 1. The van der Waals surface area contributed by atoms with E-state index in [0.29, 0.717) is 0 Å². The van der Waals surface area contributed by atoms with Gasteiger partial charge in [-0.3, -0.25) is 10.1 Å². The van der Waals surface area contributed by atoms with Gasteiger partial charge in [-0.2, -0.15) is 0 Å². The van der Waals surface area contributed by atoms with E-state index >= 15 is 0 Å². The minimum absolute atomic E-state index is 0.345. The minimum Gasteiger partial charge on any atom is -0.395 e. The van der Waals surface area contributed by atoms with E-state index in [1.165, 1.54) is 0 Å². The molecule has 4 atom stereocenters. The summed E-state index contributed by atoms with van der Waals surface area (Å²) in [5.74, 6) is -0.738. The molecule has 1 aliphatic rings. The van der Waals surface area contributed by atoms with Crippen molar-refractivity contribution in [2.75, 3.05) is 6.61 Å². The molecule has 0 bridgehead atoms. The van der Waals surface area contributed by atoms with Gasteiger partial charge in [0.15, 0.2) is 0 Å². The van der Waals surface area contributed by atoms with E-state index < -0.39 is 30.2 Å². The van der Waals surface area contributed by atoms with Gasteiger partial charge < -0.3 is 21.1 Å². The molecule has 0 aromatic heterocycles. The Kier molecular flexibility index (Phi) is 2.63. The van der Waals surface area contributed by atoms with Crippen LogP contribution >= 0.6 is 0 Å². The second-order valence-corrected chi connectivity index (χ2v) is 2.82. The summed E-state index contributed by atoms with van der Waals surface area (Å²) >= 11 is 0. The molecular formula is C6H12N2O4. The SMILES string of the molecule is NC(=O)[C@@H]1N[C@@H](CO)[C@@H](O)[C@@H]1O. The lowest BCUT2D eigenvalue weighted by Gasteiger charge is -2.12. The maximum absolute atomic E-state index is 10.6. The van der Waals surface area contributed by atoms with Crippen LogP contribution < -0.4 is 11.1 Å². The van der Waals surface area contributed by atoms with Gasteiger partial charge in [0.2, 0.25) is 5.91 Å². The van der Waals surface area contributed by atoms with Gasteiger partial charge in [-0.1, -0.05) is 0 Å². The first kappa shape index (κ1) is 9.40. The van der Waals surface area contributed by atoms with Crippen LogP contribution in [0.5, 0.6) is 0 Å². The molecule has 0 aliphatic carbocycles. The minimum atomic E-state index is -1.24. The molecule has 1 aliphatic heterocycles. The molecule has 0 saturated carbocycles. The Morgan fingerprint density at radius 3 is 2.25 bits per heavy atom. The lowest BCUT2D eigenvalue weighted by molar-refractivity contribution is -0.122. The van der Waals surface area contributed by atoms with E-state index in [-0.39, 0.29) is 6.61 Å². The van der Waals surface area contributed by atoms with Gasteiger partial charge in [0.1, 0.15) is 12.1 Å². The zero-order valence-corrected chi connectivity index (χ0v) is 6.34. The summed E-state index contributed by atoms with van der Waals surface area (Å²) in [5, 5.41) is 29.6. The van der Waals surface area contributed by atoms with Crippen LogP contribution in [0.25, 0.3) is 0 Å². The summed E-state index contributed by atoms with van der Waals surface area (Å²) in [6, 6.07) is -1.66. The highest BCUT2D eigenvalue weighted by atomic mass is 16.3. The molecular weight excluding hydrogens is 164 g/mol. The van der Waals surface area contributed by atoms with Gasteiger partial charge in [0.25, 0.3) is 0 Å². The first-order valence-electron chi connectivity index (χ1n) is 3.60. The third kappa shape index (κ3) is 1.42. The molecule has 0 spiro atoms. The molecule has 1 amide bonds. The zero-order valence-electron chi connectivity index (χ0n) is 6.34. The average Bonchev–Trinajstić information content (AvgIpc) is 2.30. The molecule has 6 N–H and O–H groups in total. The number of hydrogen-bond acceptors (Lipinski definition) is 5. The van der Waals surface area contributed by atoms with Crippen LogP contribution in [0.4, 0.5) is 0 Å². The molecule has 12 heavy (non-hydrogen) atoms. The maximum atomic E-state index is 10.6. The Labute approximate surface area is 69.0 Å². The molecule has 6 heteroatoms. The van der Waals surface area contributed by atoms with Gasteiger partial charge in [-0.25, -0.2) is 0 Å². The van der Waals surface area contributed by atoms with Gasteiger partial charge in [-0.05, 0) is 0 Å². The highest BCUT2D eigenvalue weighted by Gasteiger charge is 2.43. The lowest BCUT2D eigenvalue weighted by Crippen LogP contribution is -2.45. The number of hydrogen-bond donors (Lipinski definition) is 5. The van der Waals surface area contributed by atoms with Crippen molar-refractivity contribution in [3.8, 4) is 0 Å². The molecule has 6 nitrogen and oxygen atoms in total. The van der Waals surface area contributed by atoms with Crippen LogP contribution in [0.3, 0.4) is 0 Å². The standard InChI is InChI=1S/C6H12N2O4/c7-6(12)3-5(11)4(10)2(1-9)8-3/h2-5,8-11H,1H2,(H2,7,12)/t2-,3+,4+,5+/m0/s1. The second kappa shape index (κ2) is 3.36. The zero-order chi connectivity index (χ0) is 9.30. The van der Waals surface area contributed by atoms with Crippen molar-refractivity contribution < 1.29 is 20.1 Å². The van der Waals surface area contributed by atoms with Crippen molar-refractivity contribution in [2.24, 2.45) is 5.73 Å². The molecule has 0 unspecified atom stereocenters. The summed E-state index contributed by atoms with van der Waals surface area (Å²) in [5.41, 5.74) is 4.91. The molecule has 70 valence electrons. The Bertz CT molecular complexity index is 186. The Balaban J connectivity index is 2.66. The van der Waals surface area contributed by atoms with Crippen molar-refractivity contribution in [3.05, 3.63) is 0 Å². The monoisotopic (exact) mass is 176 g/mol. The molecule has 0 aromatic carbocycles. The highest BCUT2D eigenvalue weighted by Crippen LogP contribution is 2.13. The number of nitrogens with one attached hydrogen (secondary N) is 1. The van der Waals surface area contributed by atoms with Crippen LogP contribution in [-0.2, 0) is 4.79 Å². The quantitative estimate of drug-likeness (QED) is 0.300. The van der Waals surface area contributed by atoms with Crippen molar-refractivity contribution in [3.63, 3.8) is 0 Å². The number of rotatable bonds is 2. The molecule has 1 fully saturated rings. The van der Waals surface area contributed by atoms with E-state index in [4.69, 9.17) is 10.8 Å². The molecule has 1 saturated heterocycles. The summed E-state index contributed by atoms with van der Waals surface area (Å²) in [6.07, 6.45) is -2.38. The lowest BCUT2D eigenvalue weighted by atomic mass is 10.1. The van der Waals surface area contributed by atoms with E-state index in [1.54, 1.807) is 0 Å². The van der Waals surface area contributed by atoms with E-state index in [1.807, 2.05) is 0 Å². The number of nitrogens with two attached hydrogens (primary N) is 1.